The average molecular weight is 246 g/mol. The first kappa shape index (κ1) is 10.6. The molecule has 82 valence electrons. The molecule has 4 N–H and O–H groups in total. The van der Waals surface area contributed by atoms with Gasteiger partial charge in [0, 0.05) is 5.75 Å². The number of nitrogens with two attached hydrogens (primary N) is 1. The van der Waals surface area contributed by atoms with Crippen LogP contribution in [0.2, 0.25) is 0 Å². The van der Waals surface area contributed by atoms with Crippen LogP contribution in [-0.4, -0.2) is 42.5 Å². The number of aromatic amines is 1. The lowest BCUT2D eigenvalue weighted by Gasteiger charge is -2.19. The largest absolute Gasteiger partial charge is 0.480 e. The standard InChI is InChI=1S/C7H10N4O2S2/c8-5-9-6(11-10-5)15-7(4(12)13)1-2-14-3-7/h1-3H2,(H,12,13)(H3,8,9,10,11). The van der Waals surface area contributed by atoms with E-state index in [0.29, 0.717) is 17.3 Å². The fourth-order valence-electron chi connectivity index (χ4n) is 1.32. The number of thioether (sulfide) groups is 2. The molecule has 1 aliphatic rings. The number of aliphatic carboxylic acids is 1. The monoisotopic (exact) mass is 246 g/mol. The molecule has 0 saturated carbocycles. The molecule has 1 aromatic rings. The summed E-state index contributed by atoms with van der Waals surface area (Å²) in [6, 6.07) is 0. The zero-order valence-electron chi connectivity index (χ0n) is 7.77. The third-order valence-electron chi connectivity index (χ3n) is 2.14. The molecule has 1 aromatic heterocycles. The summed E-state index contributed by atoms with van der Waals surface area (Å²) in [5.41, 5.74) is 5.38. The summed E-state index contributed by atoms with van der Waals surface area (Å²) >= 11 is 2.81. The third-order valence-corrected chi connectivity index (χ3v) is 4.80. The molecule has 2 rings (SSSR count). The predicted molar refractivity (Wildman–Crippen MR) is 59.0 cm³/mol. The van der Waals surface area contributed by atoms with Crippen molar-refractivity contribution in [3.8, 4) is 0 Å². The van der Waals surface area contributed by atoms with Gasteiger partial charge in [-0.3, -0.25) is 4.79 Å². The molecule has 8 heteroatoms. The van der Waals surface area contributed by atoms with Crippen molar-refractivity contribution in [2.75, 3.05) is 17.2 Å². The van der Waals surface area contributed by atoms with Gasteiger partial charge in [-0.15, -0.1) is 5.10 Å². The van der Waals surface area contributed by atoms with E-state index in [9.17, 15) is 9.90 Å². The van der Waals surface area contributed by atoms with Crippen molar-refractivity contribution < 1.29 is 9.90 Å². The van der Waals surface area contributed by atoms with E-state index in [2.05, 4.69) is 15.2 Å². The minimum atomic E-state index is -0.805. The molecule has 1 fully saturated rings. The zero-order chi connectivity index (χ0) is 10.9. The maximum Gasteiger partial charge on any atom is 0.321 e. The van der Waals surface area contributed by atoms with E-state index in [4.69, 9.17) is 5.73 Å². The Morgan fingerprint density at radius 3 is 3.00 bits per heavy atom. The van der Waals surface area contributed by atoms with Crippen LogP contribution in [0.4, 0.5) is 5.95 Å². The second-order valence-corrected chi connectivity index (χ2v) is 5.66. The summed E-state index contributed by atoms with van der Waals surface area (Å²) in [6.07, 6.45) is 0.631. The van der Waals surface area contributed by atoms with E-state index in [0.717, 1.165) is 5.75 Å². The van der Waals surface area contributed by atoms with Crippen molar-refractivity contribution in [3.05, 3.63) is 0 Å². The quantitative estimate of drug-likeness (QED) is 0.710. The van der Waals surface area contributed by atoms with Crippen molar-refractivity contribution >= 4 is 35.4 Å². The van der Waals surface area contributed by atoms with Gasteiger partial charge in [-0.2, -0.15) is 16.7 Å². The van der Waals surface area contributed by atoms with Gasteiger partial charge in [-0.25, -0.2) is 5.10 Å². The van der Waals surface area contributed by atoms with Gasteiger partial charge in [0.25, 0.3) is 0 Å². The number of anilines is 1. The van der Waals surface area contributed by atoms with Crippen molar-refractivity contribution in [2.45, 2.75) is 16.3 Å². The number of nitrogen functional groups attached to an aromatic ring is 1. The maximum atomic E-state index is 11.2. The van der Waals surface area contributed by atoms with Crippen LogP contribution in [0.5, 0.6) is 0 Å². The molecule has 0 radical (unpaired) electrons. The molecule has 6 nitrogen and oxygen atoms in total. The Labute approximate surface area is 94.4 Å². The number of nitrogens with zero attached hydrogens (tertiary/aromatic N) is 2. The fourth-order valence-corrected chi connectivity index (χ4v) is 4.04. The van der Waals surface area contributed by atoms with Crippen LogP contribution in [0.15, 0.2) is 5.16 Å². The summed E-state index contributed by atoms with van der Waals surface area (Å²) in [4.78, 5) is 15.1. The van der Waals surface area contributed by atoms with E-state index in [1.807, 2.05) is 0 Å². The van der Waals surface area contributed by atoms with E-state index in [-0.39, 0.29) is 5.95 Å². The van der Waals surface area contributed by atoms with Gasteiger partial charge in [0.15, 0.2) is 0 Å². The van der Waals surface area contributed by atoms with E-state index < -0.39 is 10.7 Å². The van der Waals surface area contributed by atoms with Crippen LogP contribution >= 0.6 is 23.5 Å². The highest BCUT2D eigenvalue weighted by Gasteiger charge is 2.44. The molecule has 0 aromatic carbocycles. The lowest BCUT2D eigenvalue weighted by atomic mass is 10.1. The molecule has 1 saturated heterocycles. The Hall–Kier alpha value is -0.890. The molecule has 0 aliphatic carbocycles. The number of H-pyrrole nitrogens is 1. The Morgan fingerprint density at radius 1 is 1.73 bits per heavy atom. The van der Waals surface area contributed by atoms with Gasteiger partial charge in [0.2, 0.25) is 11.1 Å². The first-order valence-corrected chi connectivity index (χ1v) is 6.27. The molecule has 0 amide bonds. The Kier molecular flexibility index (Phi) is 2.79. The summed E-state index contributed by atoms with van der Waals surface area (Å²) in [7, 11) is 0. The highest BCUT2D eigenvalue weighted by Crippen LogP contribution is 2.42. The van der Waals surface area contributed by atoms with Crippen LogP contribution in [0.1, 0.15) is 6.42 Å². The Bertz CT molecular complexity index is 375. The summed E-state index contributed by atoms with van der Waals surface area (Å²) in [5, 5.41) is 15.9. The molecule has 15 heavy (non-hydrogen) atoms. The molecule has 2 heterocycles. The SMILES string of the molecule is Nc1nc(SC2(C(=O)O)CCSC2)n[nH]1. The van der Waals surface area contributed by atoms with E-state index in [1.54, 1.807) is 11.8 Å². The van der Waals surface area contributed by atoms with Gasteiger partial charge in [0.05, 0.1) is 0 Å². The van der Waals surface area contributed by atoms with Crippen LogP contribution in [0.25, 0.3) is 0 Å². The normalized spacial score (nSPS) is 25.6. The number of nitrogens with one attached hydrogen (secondary N) is 1. The van der Waals surface area contributed by atoms with Crippen LogP contribution in [0, 0.1) is 0 Å². The van der Waals surface area contributed by atoms with E-state index >= 15 is 0 Å². The highest BCUT2D eigenvalue weighted by molar-refractivity contribution is 8.05. The molecule has 1 atom stereocenters. The zero-order valence-corrected chi connectivity index (χ0v) is 9.40. The second-order valence-electron chi connectivity index (χ2n) is 3.21. The third kappa shape index (κ3) is 2.05. The minimum Gasteiger partial charge on any atom is -0.480 e. The van der Waals surface area contributed by atoms with Gasteiger partial charge in [-0.05, 0) is 12.2 Å². The summed E-state index contributed by atoms with van der Waals surface area (Å²) < 4.78 is -0.792. The number of rotatable bonds is 3. The summed E-state index contributed by atoms with van der Waals surface area (Å²) in [6.45, 7) is 0. The van der Waals surface area contributed by atoms with Crippen molar-refractivity contribution in [1.29, 1.82) is 0 Å². The van der Waals surface area contributed by atoms with E-state index in [1.165, 1.54) is 11.8 Å². The predicted octanol–water partition coefficient (Wildman–Crippen LogP) is 0.439. The number of aromatic nitrogens is 3. The maximum absolute atomic E-state index is 11.2. The first-order valence-electron chi connectivity index (χ1n) is 4.30. The van der Waals surface area contributed by atoms with Gasteiger partial charge < -0.3 is 10.8 Å². The van der Waals surface area contributed by atoms with Gasteiger partial charge in [0.1, 0.15) is 4.75 Å². The smallest absolute Gasteiger partial charge is 0.321 e. The fraction of sp³-hybridized carbons (Fsp3) is 0.571. The first-order chi connectivity index (χ1) is 7.12. The van der Waals surface area contributed by atoms with Crippen molar-refractivity contribution in [1.82, 2.24) is 15.2 Å². The lowest BCUT2D eigenvalue weighted by molar-refractivity contribution is -0.139. The lowest BCUT2D eigenvalue weighted by Crippen LogP contribution is -2.34. The molecular weight excluding hydrogens is 236 g/mol. The van der Waals surface area contributed by atoms with Crippen LogP contribution < -0.4 is 5.73 Å². The van der Waals surface area contributed by atoms with Crippen molar-refractivity contribution in [3.63, 3.8) is 0 Å². The molecular formula is C7H10N4O2S2. The minimum absolute atomic E-state index is 0.212. The number of carbonyl (C=O) groups is 1. The average Bonchev–Trinajstić information content (AvgIpc) is 2.77. The number of hydrogen-bond donors (Lipinski definition) is 3. The highest BCUT2D eigenvalue weighted by atomic mass is 32.2. The van der Waals surface area contributed by atoms with Crippen LogP contribution in [-0.2, 0) is 4.79 Å². The van der Waals surface area contributed by atoms with Crippen LogP contribution in [0.3, 0.4) is 0 Å². The number of hydrogen-bond acceptors (Lipinski definition) is 6. The van der Waals surface area contributed by atoms with Crippen molar-refractivity contribution in [2.24, 2.45) is 0 Å². The topological polar surface area (TPSA) is 105 Å². The van der Waals surface area contributed by atoms with Gasteiger partial charge in [-0.1, -0.05) is 11.8 Å². The molecule has 0 spiro atoms. The second kappa shape index (κ2) is 3.93. The number of carboxylic acid groups (broad SMARTS) is 1. The molecule has 0 bridgehead atoms. The van der Waals surface area contributed by atoms with Gasteiger partial charge >= 0.3 is 5.97 Å². The molecule has 1 aliphatic heterocycles. The summed E-state index contributed by atoms with van der Waals surface area (Å²) in [5.74, 6) is 0.852. The Morgan fingerprint density at radius 2 is 2.53 bits per heavy atom. The molecule has 1 unspecified atom stereocenters. The Balaban J connectivity index is 2.17. The number of carboxylic acids is 1.